The fraction of sp³-hybridized carbons (Fsp3) is 0.812. The number of rotatable bonds is 5. The minimum Gasteiger partial charge on any atom is -0.325 e. The average Bonchev–Trinajstić information content (AvgIpc) is 2.69. The molecule has 1 heterocycles. The fourth-order valence-corrected chi connectivity index (χ4v) is 3.70. The molecule has 2 N–H and O–H groups in total. The Morgan fingerprint density at radius 1 is 1.35 bits per heavy atom. The van der Waals surface area contributed by atoms with Gasteiger partial charge in [-0.15, -0.1) is 0 Å². The summed E-state index contributed by atoms with van der Waals surface area (Å²) in [6.07, 6.45) is 8.25. The van der Waals surface area contributed by atoms with Gasteiger partial charge in [0.15, 0.2) is 0 Å². The molecule has 1 aliphatic rings. The summed E-state index contributed by atoms with van der Waals surface area (Å²) in [4.78, 5) is 0. The van der Waals surface area contributed by atoms with Crippen LogP contribution < -0.4 is 5.73 Å². The lowest BCUT2D eigenvalue weighted by atomic mass is 9.73. The van der Waals surface area contributed by atoms with Gasteiger partial charge in [-0.25, -0.2) is 0 Å². The lowest BCUT2D eigenvalue weighted by Gasteiger charge is -2.37. The number of hydrogen-bond donors (Lipinski definition) is 1. The first-order valence-corrected chi connectivity index (χ1v) is 8.37. The predicted octanol–water partition coefficient (Wildman–Crippen LogP) is 4.10. The quantitative estimate of drug-likeness (QED) is 0.889. The Labute approximate surface area is 127 Å². The van der Waals surface area contributed by atoms with Crippen LogP contribution >= 0.6 is 11.6 Å². The second-order valence-corrected chi connectivity index (χ2v) is 6.81. The summed E-state index contributed by atoms with van der Waals surface area (Å²) < 4.78 is 2.02. The highest BCUT2D eigenvalue weighted by Crippen LogP contribution is 2.36. The Morgan fingerprint density at radius 3 is 2.55 bits per heavy atom. The zero-order chi connectivity index (χ0) is 14.8. The highest BCUT2D eigenvalue weighted by molar-refractivity contribution is 6.31. The molecule has 0 aromatic carbocycles. The average molecular weight is 298 g/mol. The van der Waals surface area contributed by atoms with Gasteiger partial charge in [0.1, 0.15) is 0 Å². The third-order valence-electron chi connectivity index (χ3n) is 4.77. The molecule has 1 saturated carbocycles. The molecular weight excluding hydrogens is 270 g/mol. The van der Waals surface area contributed by atoms with Gasteiger partial charge in [-0.1, -0.05) is 31.4 Å². The maximum absolute atomic E-state index is 6.65. The molecule has 0 unspecified atom stereocenters. The van der Waals surface area contributed by atoms with Crippen molar-refractivity contribution in [2.75, 3.05) is 0 Å². The van der Waals surface area contributed by atoms with Gasteiger partial charge in [-0.2, -0.15) is 5.10 Å². The van der Waals surface area contributed by atoms with Gasteiger partial charge in [0, 0.05) is 18.5 Å². The minimum absolute atomic E-state index is 0.0900. The van der Waals surface area contributed by atoms with Gasteiger partial charge in [0.05, 0.1) is 16.4 Å². The van der Waals surface area contributed by atoms with Crippen molar-refractivity contribution in [3.05, 3.63) is 16.4 Å². The van der Waals surface area contributed by atoms with E-state index in [-0.39, 0.29) is 5.54 Å². The Kier molecular flexibility index (Phi) is 5.14. The molecule has 20 heavy (non-hydrogen) atoms. The van der Waals surface area contributed by atoms with Crippen molar-refractivity contribution < 1.29 is 0 Å². The zero-order valence-corrected chi connectivity index (χ0v) is 13.8. The van der Waals surface area contributed by atoms with Crippen LogP contribution in [-0.4, -0.2) is 15.3 Å². The van der Waals surface area contributed by atoms with Crippen LogP contribution in [0.25, 0.3) is 0 Å². The van der Waals surface area contributed by atoms with E-state index < -0.39 is 0 Å². The molecule has 0 atom stereocenters. The SMILES string of the molecule is CCCC1CCC(N)(Cc2c(Cl)c(C)nn2CC)CC1. The highest BCUT2D eigenvalue weighted by atomic mass is 35.5. The molecule has 0 bridgehead atoms. The highest BCUT2D eigenvalue weighted by Gasteiger charge is 2.33. The first-order valence-electron chi connectivity index (χ1n) is 7.99. The van der Waals surface area contributed by atoms with Gasteiger partial charge in [-0.05, 0) is 45.4 Å². The van der Waals surface area contributed by atoms with Crippen molar-refractivity contribution in [1.82, 2.24) is 9.78 Å². The summed E-state index contributed by atoms with van der Waals surface area (Å²) in [5.74, 6) is 0.880. The number of halogens is 1. The van der Waals surface area contributed by atoms with Crippen LogP contribution in [0, 0.1) is 12.8 Å². The lowest BCUT2D eigenvalue weighted by Crippen LogP contribution is -2.45. The van der Waals surface area contributed by atoms with Gasteiger partial charge in [0.2, 0.25) is 0 Å². The van der Waals surface area contributed by atoms with E-state index in [4.69, 9.17) is 17.3 Å². The molecule has 4 heteroatoms. The summed E-state index contributed by atoms with van der Waals surface area (Å²) in [5.41, 5.74) is 8.61. The number of aromatic nitrogens is 2. The van der Waals surface area contributed by atoms with Crippen LogP contribution in [0.15, 0.2) is 0 Å². The smallest absolute Gasteiger partial charge is 0.0847 e. The summed E-state index contributed by atoms with van der Waals surface area (Å²) >= 11 is 6.41. The standard InChI is InChI=1S/C16H28ClN3/c1-4-6-13-7-9-16(18,10-8-13)11-14-15(17)12(3)19-20(14)5-2/h13H,4-11,18H2,1-3H3. The molecule has 1 aliphatic carbocycles. The predicted molar refractivity (Wildman–Crippen MR) is 85.1 cm³/mol. The summed E-state index contributed by atoms with van der Waals surface area (Å²) in [6.45, 7) is 7.21. The van der Waals surface area contributed by atoms with Crippen LogP contribution in [0.1, 0.15) is 63.8 Å². The van der Waals surface area contributed by atoms with E-state index in [0.29, 0.717) is 0 Å². The van der Waals surface area contributed by atoms with Gasteiger partial charge < -0.3 is 5.73 Å². The Bertz CT molecular complexity index is 445. The van der Waals surface area contributed by atoms with Crippen molar-refractivity contribution in [3.8, 4) is 0 Å². The molecule has 0 radical (unpaired) electrons. The van der Waals surface area contributed by atoms with E-state index in [1.54, 1.807) is 0 Å². The topological polar surface area (TPSA) is 43.8 Å². The van der Waals surface area contributed by atoms with Gasteiger partial charge in [-0.3, -0.25) is 4.68 Å². The molecule has 0 amide bonds. The Hall–Kier alpha value is -0.540. The Morgan fingerprint density at radius 2 is 2.00 bits per heavy atom. The largest absolute Gasteiger partial charge is 0.325 e. The molecule has 1 aromatic heterocycles. The minimum atomic E-state index is -0.0900. The second kappa shape index (κ2) is 6.48. The third-order valence-corrected chi connectivity index (χ3v) is 5.26. The lowest BCUT2D eigenvalue weighted by molar-refractivity contribution is 0.220. The molecule has 114 valence electrons. The normalized spacial score (nSPS) is 26.9. The van der Waals surface area contributed by atoms with E-state index in [9.17, 15) is 0 Å². The van der Waals surface area contributed by atoms with Crippen molar-refractivity contribution in [1.29, 1.82) is 0 Å². The van der Waals surface area contributed by atoms with E-state index >= 15 is 0 Å². The van der Waals surface area contributed by atoms with Crippen LogP contribution in [0.2, 0.25) is 5.02 Å². The number of nitrogens with two attached hydrogens (primary N) is 1. The molecule has 3 nitrogen and oxygen atoms in total. The van der Waals surface area contributed by atoms with Crippen molar-refractivity contribution in [3.63, 3.8) is 0 Å². The maximum atomic E-state index is 6.65. The van der Waals surface area contributed by atoms with E-state index in [0.717, 1.165) is 48.1 Å². The first kappa shape index (κ1) is 15.8. The molecule has 0 saturated heterocycles. The second-order valence-electron chi connectivity index (χ2n) is 6.43. The molecule has 1 aromatic rings. The fourth-order valence-electron chi connectivity index (χ4n) is 3.50. The van der Waals surface area contributed by atoms with Crippen molar-refractivity contribution in [2.45, 2.75) is 77.8 Å². The van der Waals surface area contributed by atoms with Crippen molar-refractivity contribution in [2.24, 2.45) is 11.7 Å². The summed E-state index contributed by atoms with van der Waals surface area (Å²) in [7, 11) is 0. The van der Waals surface area contributed by atoms with Gasteiger partial charge in [0.25, 0.3) is 0 Å². The van der Waals surface area contributed by atoms with Crippen molar-refractivity contribution >= 4 is 11.6 Å². The molecule has 2 rings (SSSR count). The monoisotopic (exact) mass is 297 g/mol. The van der Waals surface area contributed by atoms with E-state index in [1.165, 1.54) is 25.7 Å². The number of aryl methyl sites for hydroxylation is 2. The third kappa shape index (κ3) is 3.37. The first-order chi connectivity index (χ1) is 9.49. The van der Waals surface area contributed by atoms with Crippen LogP contribution in [0.3, 0.4) is 0 Å². The maximum Gasteiger partial charge on any atom is 0.0847 e. The van der Waals surface area contributed by atoms with Crippen LogP contribution in [0.5, 0.6) is 0 Å². The molecular formula is C16H28ClN3. The van der Waals surface area contributed by atoms with E-state index in [1.807, 2.05) is 11.6 Å². The van der Waals surface area contributed by atoms with Gasteiger partial charge >= 0.3 is 0 Å². The number of hydrogen-bond acceptors (Lipinski definition) is 2. The van der Waals surface area contributed by atoms with Crippen LogP contribution in [0.4, 0.5) is 0 Å². The van der Waals surface area contributed by atoms with Crippen LogP contribution in [-0.2, 0) is 13.0 Å². The number of nitrogens with zero attached hydrogens (tertiary/aromatic N) is 2. The van der Waals surface area contributed by atoms with E-state index in [2.05, 4.69) is 18.9 Å². The Balaban J connectivity index is 2.06. The summed E-state index contributed by atoms with van der Waals surface area (Å²) in [5, 5.41) is 5.31. The molecule has 0 spiro atoms. The molecule has 0 aliphatic heterocycles. The summed E-state index contributed by atoms with van der Waals surface area (Å²) in [6, 6.07) is 0. The molecule has 1 fully saturated rings. The zero-order valence-electron chi connectivity index (χ0n) is 13.1.